The number of aromatic nitrogens is 1. The zero-order valence-corrected chi connectivity index (χ0v) is 14.5. The summed E-state index contributed by atoms with van der Waals surface area (Å²) >= 11 is 6.87. The summed E-state index contributed by atoms with van der Waals surface area (Å²) in [6.07, 6.45) is 2.66. The van der Waals surface area contributed by atoms with E-state index in [4.69, 9.17) is 11.6 Å². The van der Waals surface area contributed by atoms with Crippen LogP contribution in [-0.2, 0) is 14.3 Å². The highest BCUT2D eigenvalue weighted by atomic mass is 35.5. The Kier molecular flexibility index (Phi) is 5.11. The van der Waals surface area contributed by atoms with Gasteiger partial charge in [0.2, 0.25) is 0 Å². The van der Waals surface area contributed by atoms with Crippen LogP contribution >= 0.6 is 23.4 Å². The lowest BCUT2D eigenvalue weighted by molar-refractivity contribution is -0.135. The summed E-state index contributed by atoms with van der Waals surface area (Å²) in [5, 5.41) is 12.0. The number of halogens is 1. The number of carbonyl (C=O) groups is 2. The van der Waals surface area contributed by atoms with Gasteiger partial charge in [-0.2, -0.15) is 5.10 Å². The molecule has 1 saturated heterocycles. The topological polar surface area (TPSA) is 93.0 Å². The lowest BCUT2D eigenvalue weighted by atomic mass is 10.1. The number of pyridine rings is 1. The Morgan fingerprint density at radius 3 is 3.00 bits per heavy atom. The van der Waals surface area contributed by atoms with Crippen molar-refractivity contribution in [1.29, 1.82) is 0 Å². The average Bonchev–Trinajstić information content (AvgIpc) is 2.94. The van der Waals surface area contributed by atoms with Gasteiger partial charge >= 0.3 is 5.97 Å². The number of nitrogens with one attached hydrogen (secondary N) is 1. The Morgan fingerprint density at radius 1 is 1.36 bits per heavy atom. The highest BCUT2D eigenvalue weighted by molar-refractivity contribution is 8.18. The van der Waals surface area contributed by atoms with Crippen molar-refractivity contribution in [2.45, 2.75) is 0 Å². The molecular formula is C16H11ClN4O3S. The number of benzene rings is 1. The predicted octanol–water partition coefficient (Wildman–Crippen LogP) is 2.50. The Balaban J connectivity index is 1.73. The van der Waals surface area contributed by atoms with E-state index in [1.54, 1.807) is 12.3 Å². The molecule has 1 amide bonds. The van der Waals surface area contributed by atoms with E-state index >= 15 is 0 Å². The van der Waals surface area contributed by atoms with Crippen LogP contribution in [0, 0.1) is 0 Å². The van der Waals surface area contributed by atoms with E-state index in [0.29, 0.717) is 5.15 Å². The standard InChI is InChI=1S/C16H11ClN4O3S/c1-24-14(22)7-12-15(23)20-16(25-12)21-18-8-9-2-4-11-10(6-9)3-5-13(17)19-11/h2-8H,1H3,(H,20,21,23)/b12-7+,18-8?. The first kappa shape index (κ1) is 17.1. The summed E-state index contributed by atoms with van der Waals surface area (Å²) in [6, 6.07) is 9.14. The maximum atomic E-state index is 11.7. The number of nitrogens with zero attached hydrogens (tertiary/aromatic N) is 3. The molecule has 0 saturated carbocycles. The van der Waals surface area contributed by atoms with Crippen LogP contribution in [0.1, 0.15) is 5.56 Å². The van der Waals surface area contributed by atoms with Crippen molar-refractivity contribution in [3.05, 3.63) is 52.0 Å². The SMILES string of the molecule is COC(=O)/C=C1/S/C(=N\N=Cc2ccc3nc(Cl)ccc3c2)NC1=O. The number of methoxy groups -OCH3 is 1. The van der Waals surface area contributed by atoms with Crippen molar-refractivity contribution in [1.82, 2.24) is 10.3 Å². The number of fused-ring (bicyclic) bond motifs is 1. The first-order valence-electron chi connectivity index (χ1n) is 7.01. The number of amidine groups is 1. The summed E-state index contributed by atoms with van der Waals surface area (Å²) in [5.74, 6) is -1.02. The molecule has 1 aliphatic rings. The maximum absolute atomic E-state index is 11.7. The molecule has 0 radical (unpaired) electrons. The molecule has 3 rings (SSSR count). The van der Waals surface area contributed by atoms with Gasteiger partial charge in [0.05, 0.1) is 23.7 Å². The van der Waals surface area contributed by atoms with E-state index in [2.05, 4.69) is 25.2 Å². The molecular weight excluding hydrogens is 364 g/mol. The minimum Gasteiger partial charge on any atom is -0.466 e. The summed E-state index contributed by atoms with van der Waals surface area (Å²) < 4.78 is 4.49. The van der Waals surface area contributed by atoms with Crippen LogP contribution in [0.15, 0.2) is 51.5 Å². The fraction of sp³-hybridized carbons (Fsp3) is 0.0625. The number of rotatable bonds is 3. The molecule has 7 nitrogen and oxygen atoms in total. The van der Waals surface area contributed by atoms with Crippen molar-refractivity contribution in [3.63, 3.8) is 0 Å². The molecule has 0 atom stereocenters. The molecule has 0 aliphatic carbocycles. The number of thioether (sulfide) groups is 1. The lowest BCUT2D eigenvalue weighted by Crippen LogP contribution is -2.19. The van der Waals surface area contributed by atoms with Crippen LogP contribution in [0.2, 0.25) is 5.15 Å². The molecule has 126 valence electrons. The first-order valence-corrected chi connectivity index (χ1v) is 8.21. The van der Waals surface area contributed by atoms with Crippen molar-refractivity contribution >= 4 is 57.5 Å². The van der Waals surface area contributed by atoms with Gasteiger partial charge in [-0.15, -0.1) is 5.10 Å². The zero-order valence-electron chi connectivity index (χ0n) is 12.9. The molecule has 1 N–H and O–H groups in total. The van der Waals surface area contributed by atoms with Crippen LogP contribution in [-0.4, -0.2) is 35.4 Å². The average molecular weight is 375 g/mol. The monoisotopic (exact) mass is 374 g/mol. The minimum atomic E-state index is -0.604. The molecule has 1 fully saturated rings. The molecule has 1 aromatic heterocycles. The second kappa shape index (κ2) is 7.45. The lowest BCUT2D eigenvalue weighted by Gasteiger charge is -1.98. The van der Waals surface area contributed by atoms with Crippen LogP contribution in [0.4, 0.5) is 0 Å². The fourth-order valence-electron chi connectivity index (χ4n) is 1.99. The van der Waals surface area contributed by atoms with Gasteiger partial charge in [-0.05, 0) is 41.6 Å². The number of carbonyl (C=O) groups excluding carboxylic acids is 2. The van der Waals surface area contributed by atoms with E-state index < -0.39 is 11.9 Å². The third kappa shape index (κ3) is 4.23. The number of esters is 1. The van der Waals surface area contributed by atoms with Crippen LogP contribution < -0.4 is 5.32 Å². The molecule has 9 heteroatoms. The zero-order chi connectivity index (χ0) is 17.8. The second-order valence-corrected chi connectivity index (χ2v) is 6.24. The van der Waals surface area contributed by atoms with Gasteiger partial charge in [-0.25, -0.2) is 9.78 Å². The normalized spacial score (nSPS) is 17.6. The Labute approximate surface area is 151 Å². The van der Waals surface area contributed by atoms with Crippen molar-refractivity contribution in [2.24, 2.45) is 10.2 Å². The third-order valence-electron chi connectivity index (χ3n) is 3.14. The molecule has 0 spiro atoms. The van der Waals surface area contributed by atoms with Gasteiger partial charge in [0.1, 0.15) is 5.15 Å². The van der Waals surface area contributed by atoms with Crippen molar-refractivity contribution in [3.8, 4) is 0 Å². The Hall–Kier alpha value is -2.71. The second-order valence-electron chi connectivity index (χ2n) is 4.82. The van der Waals surface area contributed by atoms with E-state index in [1.807, 2.05) is 24.3 Å². The number of hydrogen-bond acceptors (Lipinski definition) is 7. The molecule has 0 bridgehead atoms. The molecule has 1 aromatic carbocycles. The Morgan fingerprint density at radius 2 is 2.20 bits per heavy atom. The molecule has 0 unspecified atom stereocenters. The van der Waals surface area contributed by atoms with Gasteiger partial charge in [-0.3, -0.25) is 10.1 Å². The van der Waals surface area contributed by atoms with Crippen LogP contribution in [0.25, 0.3) is 10.9 Å². The van der Waals surface area contributed by atoms with Gasteiger partial charge in [0, 0.05) is 11.5 Å². The fourth-order valence-corrected chi connectivity index (χ4v) is 2.88. The number of ether oxygens (including phenoxy) is 1. The number of hydrogen-bond donors (Lipinski definition) is 1. The number of amides is 1. The summed E-state index contributed by atoms with van der Waals surface area (Å²) in [6.45, 7) is 0. The summed E-state index contributed by atoms with van der Waals surface area (Å²) in [7, 11) is 1.24. The summed E-state index contributed by atoms with van der Waals surface area (Å²) in [4.78, 5) is 27.3. The highest BCUT2D eigenvalue weighted by Gasteiger charge is 2.24. The minimum absolute atomic E-state index is 0.203. The largest absolute Gasteiger partial charge is 0.466 e. The molecule has 25 heavy (non-hydrogen) atoms. The first-order chi connectivity index (χ1) is 12.0. The Bertz CT molecular complexity index is 956. The van der Waals surface area contributed by atoms with Crippen molar-refractivity contribution in [2.75, 3.05) is 7.11 Å². The smallest absolute Gasteiger partial charge is 0.331 e. The highest BCUT2D eigenvalue weighted by Crippen LogP contribution is 2.23. The van der Waals surface area contributed by atoms with Crippen LogP contribution in [0.3, 0.4) is 0 Å². The van der Waals surface area contributed by atoms with E-state index in [9.17, 15) is 9.59 Å². The van der Waals surface area contributed by atoms with Gasteiger partial charge in [-0.1, -0.05) is 17.7 Å². The predicted molar refractivity (Wildman–Crippen MR) is 97.6 cm³/mol. The van der Waals surface area contributed by atoms with Gasteiger partial charge in [0.15, 0.2) is 5.17 Å². The van der Waals surface area contributed by atoms with Gasteiger partial charge in [0.25, 0.3) is 5.91 Å². The molecule has 2 aromatic rings. The quantitative estimate of drug-likeness (QED) is 0.293. The van der Waals surface area contributed by atoms with Gasteiger partial charge < -0.3 is 4.74 Å². The van der Waals surface area contributed by atoms with E-state index in [0.717, 1.165) is 34.3 Å². The third-order valence-corrected chi connectivity index (χ3v) is 4.25. The van der Waals surface area contributed by atoms with E-state index in [-0.39, 0.29) is 10.1 Å². The summed E-state index contributed by atoms with van der Waals surface area (Å²) in [5.41, 5.74) is 1.60. The van der Waals surface area contributed by atoms with Crippen LogP contribution in [0.5, 0.6) is 0 Å². The maximum Gasteiger partial charge on any atom is 0.331 e. The van der Waals surface area contributed by atoms with Crippen molar-refractivity contribution < 1.29 is 14.3 Å². The molecule has 2 heterocycles. The van der Waals surface area contributed by atoms with E-state index in [1.165, 1.54) is 7.11 Å². The molecule has 1 aliphatic heterocycles.